The molecule has 0 radical (unpaired) electrons. The van der Waals surface area contributed by atoms with Crippen molar-refractivity contribution >= 4 is 17.6 Å². The van der Waals surface area contributed by atoms with Crippen molar-refractivity contribution in [2.45, 2.75) is 12.5 Å². The first-order valence-electron chi connectivity index (χ1n) is 12.6. The van der Waals surface area contributed by atoms with Crippen LogP contribution >= 0.6 is 11.6 Å². The lowest BCUT2D eigenvalue weighted by molar-refractivity contribution is -0.136. The predicted molar refractivity (Wildman–Crippen MR) is 152 cm³/mol. The van der Waals surface area contributed by atoms with Crippen LogP contribution < -0.4 is 29.4 Å². The molecule has 4 aromatic rings. The minimum absolute atomic E-state index is 0.0390. The number of rotatable bonds is 9. The van der Waals surface area contributed by atoms with Gasteiger partial charge in [0.25, 0.3) is 0 Å². The van der Waals surface area contributed by atoms with Crippen molar-refractivity contribution in [3.8, 4) is 34.8 Å². The Morgan fingerprint density at radius 2 is 1.73 bits per heavy atom. The molecule has 0 aromatic heterocycles. The molecule has 0 bridgehead atoms. The van der Waals surface area contributed by atoms with Crippen molar-refractivity contribution in [3.05, 3.63) is 124 Å². The summed E-state index contributed by atoms with van der Waals surface area (Å²) in [6, 6.07) is 28.9. The molecule has 0 amide bonds. The van der Waals surface area contributed by atoms with Gasteiger partial charge >= 0.3 is 5.97 Å². The third-order valence-corrected chi connectivity index (χ3v) is 6.60. The zero-order valence-electron chi connectivity index (χ0n) is 22.0. The smallest absolute Gasteiger partial charge is 0.349 e. The summed E-state index contributed by atoms with van der Waals surface area (Å²) in [6.45, 7) is 0.0542. The van der Waals surface area contributed by atoms with Crippen molar-refractivity contribution in [3.63, 3.8) is 0 Å². The first-order chi connectivity index (χ1) is 19.9. The number of para-hydroxylation sites is 1. The molecule has 8 nitrogen and oxygen atoms in total. The molecule has 9 heteroatoms. The summed E-state index contributed by atoms with van der Waals surface area (Å²) in [5.74, 6) is 1.03. The number of esters is 1. The topological polar surface area (TPSA) is 113 Å². The number of methoxy groups -OCH3 is 1. The number of carbonyl (C=O) groups excluding carboxylic acids is 1. The van der Waals surface area contributed by atoms with Crippen LogP contribution in [0.5, 0.6) is 28.7 Å². The second-order valence-corrected chi connectivity index (χ2v) is 9.46. The minimum Gasteiger partial charge on any atom is -0.493 e. The summed E-state index contributed by atoms with van der Waals surface area (Å²) >= 11 is 5.97. The van der Waals surface area contributed by atoms with Crippen LogP contribution in [0.1, 0.15) is 22.6 Å². The molecule has 0 aliphatic carbocycles. The van der Waals surface area contributed by atoms with E-state index in [9.17, 15) is 10.1 Å². The first kappa shape index (κ1) is 27.4. The average molecular weight is 569 g/mol. The Balaban J connectivity index is 1.36. The summed E-state index contributed by atoms with van der Waals surface area (Å²) in [6.07, 6.45) is 0. The highest BCUT2D eigenvalue weighted by Crippen LogP contribution is 2.45. The van der Waals surface area contributed by atoms with Gasteiger partial charge in [-0.3, -0.25) is 0 Å². The van der Waals surface area contributed by atoms with Crippen LogP contribution in [-0.2, 0) is 11.4 Å². The molecular formula is C32H25ClN2O6. The van der Waals surface area contributed by atoms with Crippen LogP contribution in [0.15, 0.2) is 102 Å². The van der Waals surface area contributed by atoms with E-state index < -0.39 is 11.9 Å². The van der Waals surface area contributed by atoms with E-state index in [1.54, 1.807) is 61.7 Å². The molecule has 0 saturated heterocycles. The molecule has 0 spiro atoms. The molecule has 1 aliphatic rings. The Bertz CT molecular complexity index is 1630. The fraction of sp³-hybridized carbons (Fsp3) is 0.125. The second kappa shape index (κ2) is 12.4. The molecule has 41 heavy (non-hydrogen) atoms. The number of nitrogens with two attached hydrogens (primary N) is 1. The Morgan fingerprint density at radius 3 is 2.46 bits per heavy atom. The predicted octanol–water partition coefficient (Wildman–Crippen LogP) is 6.13. The van der Waals surface area contributed by atoms with E-state index >= 15 is 0 Å². The third kappa shape index (κ3) is 6.38. The highest BCUT2D eigenvalue weighted by molar-refractivity contribution is 6.30. The maximum atomic E-state index is 12.4. The zero-order chi connectivity index (χ0) is 28.8. The molecule has 0 fully saturated rings. The van der Waals surface area contributed by atoms with Gasteiger partial charge in [-0.1, -0.05) is 54.1 Å². The maximum absolute atomic E-state index is 12.4. The fourth-order valence-corrected chi connectivity index (χ4v) is 4.51. The van der Waals surface area contributed by atoms with Crippen molar-refractivity contribution < 1.29 is 28.5 Å². The Kier molecular flexibility index (Phi) is 8.28. The van der Waals surface area contributed by atoms with E-state index in [-0.39, 0.29) is 23.8 Å². The number of nitriles is 1. The number of carbonyl (C=O) groups is 1. The first-order valence-corrected chi connectivity index (χ1v) is 13.0. The standard InChI is InChI=1S/C32H25ClN2O6/c1-37-29-15-21(9-14-27(29)39-18-20-7-10-22(33)11-8-20)31-25-13-12-24(16-28(25)41-32(35)26(31)17-34)40-30(36)19-38-23-5-3-2-4-6-23/h2-16,31H,18-19,35H2,1H3. The van der Waals surface area contributed by atoms with Crippen molar-refractivity contribution in [2.24, 2.45) is 5.73 Å². The van der Waals surface area contributed by atoms with Gasteiger partial charge in [-0.15, -0.1) is 0 Å². The largest absolute Gasteiger partial charge is 0.493 e. The number of ether oxygens (including phenoxy) is 5. The van der Waals surface area contributed by atoms with Crippen LogP contribution in [0.25, 0.3) is 0 Å². The van der Waals surface area contributed by atoms with Gasteiger partial charge in [-0.2, -0.15) is 5.26 Å². The highest BCUT2D eigenvalue weighted by atomic mass is 35.5. The molecule has 206 valence electrons. The summed E-state index contributed by atoms with van der Waals surface area (Å²) in [4.78, 5) is 12.4. The normalized spacial score (nSPS) is 13.8. The number of hydrogen-bond donors (Lipinski definition) is 1. The number of allylic oxidation sites excluding steroid dienone is 1. The SMILES string of the molecule is COc1cc(C2C(C#N)=C(N)Oc3cc(OC(=O)COc4ccccc4)ccc32)ccc1OCc1ccc(Cl)cc1. The molecule has 1 unspecified atom stereocenters. The van der Waals surface area contributed by atoms with Crippen LogP contribution in [-0.4, -0.2) is 19.7 Å². The van der Waals surface area contributed by atoms with Crippen molar-refractivity contribution in [2.75, 3.05) is 13.7 Å². The van der Waals surface area contributed by atoms with Gasteiger partial charge in [0, 0.05) is 16.7 Å². The summed E-state index contributed by atoms with van der Waals surface area (Å²) < 4.78 is 28.3. The number of hydrogen-bond acceptors (Lipinski definition) is 8. The lowest BCUT2D eigenvalue weighted by Crippen LogP contribution is -2.21. The van der Waals surface area contributed by atoms with Gasteiger partial charge in [-0.25, -0.2) is 4.79 Å². The molecular weight excluding hydrogens is 544 g/mol. The van der Waals surface area contributed by atoms with E-state index in [0.29, 0.717) is 40.2 Å². The molecule has 1 atom stereocenters. The highest BCUT2D eigenvalue weighted by Gasteiger charge is 2.32. The van der Waals surface area contributed by atoms with Crippen molar-refractivity contribution in [1.29, 1.82) is 5.26 Å². The van der Waals surface area contributed by atoms with E-state index in [4.69, 9.17) is 41.0 Å². The van der Waals surface area contributed by atoms with Gasteiger partial charge in [-0.05, 0) is 53.6 Å². The molecule has 5 rings (SSSR count). The van der Waals surface area contributed by atoms with Gasteiger partial charge < -0.3 is 29.4 Å². The maximum Gasteiger partial charge on any atom is 0.349 e. The molecule has 1 heterocycles. The number of halogens is 1. The summed E-state index contributed by atoms with van der Waals surface area (Å²) in [5, 5.41) is 10.6. The monoisotopic (exact) mass is 568 g/mol. The summed E-state index contributed by atoms with van der Waals surface area (Å²) in [7, 11) is 1.55. The van der Waals surface area contributed by atoms with Gasteiger partial charge in [0.15, 0.2) is 18.1 Å². The second-order valence-electron chi connectivity index (χ2n) is 9.03. The molecule has 2 N–H and O–H groups in total. The Hall–Kier alpha value is -5.13. The van der Waals surface area contributed by atoms with Gasteiger partial charge in [0.2, 0.25) is 5.88 Å². The third-order valence-electron chi connectivity index (χ3n) is 6.35. The lowest BCUT2D eigenvalue weighted by Gasteiger charge is -2.27. The Labute approximate surface area is 242 Å². The van der Waals surface area contributed by atoms with Crippen LogP contribution in [0.3, 0.4) is 0 Å². The van der Waals surface area contributed by atoms with Crippen LogP contribution in [0, 0.1) is 11.3 Å². The summed E-state index contributed by atoms with van der Waals surface area (Å²) in [5.41, 5.74) is 8.77. The van der Waals surface area contributed by atoms with Crippen molar-refractivity contribution in [1.82, 2.24) is 0 Å². The van der Waals surface area contributed by atoms with Crippen LogP contribution in [0.2, 0.25) is 5.02 Å². The zero-order valence-corrected chi connectivity index (χ0v) is 22.8. The molecule has 0 saturated carbocycles. The Morgan fingerprint density at radius 1 is 0.951 bits per heavy atom. The van der Waals surface area contributed by atoms with E-state index in [1.807, 2.05) is 36.4 Å². The van der Waals surface area contributed by atoms with E-state index in [1.165, 1.54) is 0 Å². The number of benzene rings is 4. The van der Waals surface area contributed by atoms with Gasteiger partial charge in [0.05, 0.1) is 13.0 Å². The van der Waals surface area contributed by atoms with Crippen LogP contribution in [0.4, 0.5) is 0 Å². The quantitative estimate of drug-likeness (QED) is 0.189. The minimum atomic E-state index is -0.582. The fourth-order valence-electron chi connectivity index (χ4n) is 4.39. The number of nitrogens with zero attached hydrogens (tertiary/aromatic N) is 1. The number of fused-ring (bicyclic) bond motifs is 1. The lowest BCUT2D eigenvalue weighted by atomic mass is 9.83. The van der Waals surface area contributed by atoms with E-state index in [0.717, 1.165) is 11.1 Å². The molecule has 1 aliphatic heterocycles. The average Bonchev–Trinajstić information content (AvgIpc) is 2.99. The van der Waals surface area contributed by atoms with Gasteiger partial charge in [0.1, 0.15) is 35.5 Å². The molecule has 4 aromatic carbocycles. The van der Waals surface area contributed by atoms with E-state index in [2.05, 4.69) is 6.07 Å².